The van der Waals surface area contributed by atoms with E-state index in [1.54, 1.807) is 57.4 Å². The largest absolute Gasteiger partial charge is 0.497 e. The van der Waals surface area contributed by atoms with E-state index < -0.39 is 17.9 Å². The molecular weight excluding hydrogens is 430 g/mol. The van der Waals surface area contributed by atoms with Gasteiger partial charge in [-0.05, 0) is 36.3 Å². The van der Waals surface area contributed by atoms with Gasteiger partial charge in [0.25, 0.3) is 5.91 Å². The second kappa shape index (κ2) is 10.1. The van der Waals surface area contributed by atoms with E-state index in [0.717, 1.165) is 0 Å². The molecule has 9 heteroatoms. The lowest BCUT2D eigenvalue weighted by Crippen LogP contribution is -2.46. The summed E-state index contributed by atoms with van der Waals surface area (Å²) in [6, 6.07) is 8.77. The molecule has 0 spiro atoms. The number of carboxylic acid groups (broad SMARTS) is 1. The maximum absolute atomic E-state index is 12.7. The Morgan fingerprint density at radius 2 is 1.82 bits per heavy atom. The molecule has 0 unspecified atom stereocenters. The summed E-state index contributed by atoms with van der Waals surface area (Å²) in [5, 5.41) is 11.6. The number of hydrogen-bond acceptors (Lipinski definition) is 7. The molecule has 174 valence electrons. The third-order valence-corrected chi connectivity index (χ3v) is 4.99. The molecule has 0 aromatic heterocycles. The third kappa shape index (κ3) is 5.43. The lowest BCUT2D eigenvalue weighted by Gasteiger charge is -2.18. The van der Waals surface area contributed by atoms with Crippen LogP contribution in [-0.2, 0) is 9.59 Å². The van der Waals surface area contributed by atoms with E-state index in [0.29, 0.717) is 34.1 Å². The van der Waals surface area contributed by atoms with Crippen LogP contribution in [0.15, 0.2) is 42.2 Å². The van der Waals surface area contributed by atoms with Crippen LogP contribution in [0.1, 0.15) is 29.8 Å². The molecule has 0 saturated heterocycles. The van der Waals surface area contributed by atoms with Crippen molar-refractivity contribution in [3.63, 3.8) is 0 Å². The van der Waals surface area contributed by atoms with Gasteiger partial charge in [-0.1, -0.05) is 13.8 Å². The molecule has 0 aliphatic carbocycles. The van der Waals surface area contributed by atoms with E-state index in [2.05, 4.69) is 5.32 Å². The first-order chi connectivity index (χ1) is 15.7. The summed E-state index contributed by atoms with van der Waals surface area (Å²) >= 11 is 0. The Morgan fingerprint density at radius 3 is 2.45 bits per heavy atom. The van der Waals surface area contributed by atoms with Gasteiger partial charge in [-0.15, -0.1) is 0 Å². The van der Waals surface area contributed by atoms with Crippen molar-refractivity contribution >= 4 is 23.7 Å². The highest BCUT2D eigenvalue weighted by Crippen LogP contribution is 2.36. The fraction of sp³-hybridized carbons (Fsp3) is 0.292. The fourth-order valence-electron chi connectivity index (χ4n) is 3.21. The van der Waals surface area contributed by atoms with Gasteiger partial charge in [0.15, 0.2) is 12.4 Å². The summed E-state index contributed by atoms with van der Waals surface area (Å²) in [4.78, 5) is 36.0. The number of carbonyl (C=O) groups is 3. The molecule has 0 fully saturated rings. The fourth-order valence-corrected chi connectivity index (χ4v) is 3.21. The van der Waals surface area contributed by atoms with Crippen molar-refractivity contribution in [2.75, 3.05) is 20.8 Å². The van der Waals surface area contributed by atoms with Crippen LogP contribution >= 0.6 is 0 Å². The zero-order valence-electron chi connectivity index (χ0n) is 18.7. The monoisotopic (exact) mass is 455 g/mol. The highest BCUT2D eigenvalue weighted by molar-refractivity contribution is 6.14. The molecule has 0 saturated carbocycles. The van der Waals surface area contributed by atoms with E-state index in [9.17, 15) is 19.5 Å². The van der Waals surface area contributed by atoms with Crippen LogP contribution in [-0.4, -0.2) is 49.6 Å². The second-order valence-corrected chi connectivity index (χ2v) is 7.62. The number of methoxy groups -OCH3 is 2. The predicted molar refractivity (Wildman–Crippen MR) is 119 cm³/mol. The molecular formula is C24H25NO8. The van der Waals surface area contributed by atoms with Gasteiger partial charge in [-0.2, -0.15) is 0 Å². The molecule has 2 aromatic carbocycles. The van der Waals surface area contributed by atoms with Gasteiger partial charge in [0.2, 0.25) is 5.78 Å². The van der Waals surface area contributed by atoms with Crippen molar-refractivity contribution < 1.29 is 38.4 Å². The highest BCUT2D eigenvalue weighted by Gasteiger charge is 2.28. The minimum Gasteiger partial charge on any atom is -0.497 e. The third-order valence-electron chi connectivity index (χ3n) is 4.99. The Kier molecular flexibility index (Phi) is 7.22. The van der Waals surface area contributed by atoms with Crippen LogP contribution < -0.4 is 24.3 Å². The minimum absolute atomic E-state index is 0.115. The van der Waals surface area contributed by atoms with E-state index in [1.807, 2.05) is 0 Å². The molecule has 1 aliphatic heterocycles. The number of nitrogens with one attached hydrogen (secondary N) is 1. The van der Waals surface area contributed by atoms with Crippen LogP contribution in [0.2, 0.25) is 0 Å². The van der Waals surface area contributed by atoms with E-state index >= 15 is 0 Å². The summed E-state index contributed by atoms with van der Waals surface area (Å²) in [7, 11) is 3.06. The highest BCUT2D eigenvalue weighted by atomic mass is 16.5. The molecule has 0 bridgehead atoms. The van der Waals surface area contributed by atoms with Crippen molar-refractivity contribution in [3.05, 3.63) is 53.3 Å². The Labute approximate surface area is 190 Å². The molecule has 9 nitrogen and oxygen atoms in total. The predicted octanol–water partition coefficient (Wildman–Crippen LogP) is 2.92. The zero-order valence-corrected chi connectivity index (χ0v) is 18.7. The van der Waals surface area contributed by atoms with Crippen molar-refractivity contribution in [2.24, 2.45) is 5.92 Å². The average molecular weight is 455 g/mol. The van der Waals surface area contributed by atoms with E-state index in [4.69, 9.17) is 18.9 Å². The lowest BCUT2D eigenvalue weighted by atomic mass is 10.1. The van der Waals surface area contributed by atoms with Gasteiger partial charge in [0.1, 0.15) is 29.0 Å². The number of hydrogen-bond donors (Lipinski definition) is 2. The van der Waals surface area contributed by atoms with Crippen molar-refractivity contribution in [1.29, 1.82) is 0 Å². The molecule has 2 aromatic rings. The van der Waals surface area contributed by atoms with Crippen molar-refractivity contribution in [1.82, 2.24) is 5.32 Å². The Bertz CT molecular complexity index is 1110. The topological polar surface area (TPSA) is 120 Å². The number of aliphatic carboxylic acids is 1. The van der Waals surface area contributed by atoms with Crippen LogP contribution in [0.4, 0.5) is 0 Å². The number of ether oxygens (including phenoxy) is 4. The smallest absolute Gasteiger partial charge is 0.326 e. The Morgan fingerprint density at radius 1 is 1.09 bits per heavy atom. The summed E-state index contributed by atoms with van der Waals surface area (Å²) in [5.74, 6) is -0.413. The standard InChI is InChI=1S/C24H25NO8/c1-13(2)22(24(28)29)25-21(26)12-32-16-7-8-17-19(11-16)33-20(23(17)27)9-14-5-6-15(30-3)10-18(14)31-4/h5-11,13,22H,12H2,1-4H3,(H,25,26)(H,28,29)/t22-/m1/s1. The number of carboxylic acids is 1. The number of amides is 1. The van der Waals surface area contributed by atoms with Crippen molar-refractivity contribution in [3.8, 4) is 23.0 Å². The molecule has 1 atom stereocenters. The second-order valence-electron chi connectivity index (χ2n) is 7.62. The van der Waals surface area contributed by atoms with Gasteiger partial charge in [-0.25, -0.2) is 4.79 Å². The number of ketones is 1. The first-order valence-electron chi connectivity index (χ1n) is 10.2. The quantitative estimate of drug-likeness (QED) is 0.554. The summed E-state index contributed by atoms with van der Waals surface area (Å²) in [6.45, 7) is 3.01. The Balaban J connectivity index is 1.70. The summed E-state index contributed by atoms with van der Waals surface area (Å²) in [5.41, 5.74) is 0.997. The normalized spacial score (nSPS) is 14.5. The number of fused-ring (bicyclic) bond motifs is 1. The first kappa shape index (κ1) is 23.6. The van der Waals surface area contributed by atoms with Crippen LogP contribution in [0.25, 0.3) is 6.08 Å². The number of rotatable bonds is 9. The number of allylic oxidation sites excluding steroid dienone is 1. The van der Waals surface area contributed by atoms with Crippen LogP contribution in [0.5, 0.6) is 23.0 Å². The van der Waals surface area contributed by atoms with Gasteiger partial charge in [-0.3, -0.25) is 9.59 Å². The number of Topliss-reactive ketones (excluding diaryl/α,β-unsaturated/α-hetero) is 1. The lowest BCUT2D eigenvalue weighted by molar-refractivity contribution is -0.143. The molecule has 1 heterocycles. The number of benzene rings is 2. The van der Waals surface area contributed by atoms with Crippen molar-refractivity contribution in [2.45, 2.75) is 19.9 Å². The summed E-state index contributed by atoms with van der Waals surface area (Å²) < 4.78 is 21.7. The maximum Gasteiger partial charge on any atom is 0.326 e. The molecule has 1 amide bonds. The average Bonchev–Trinajstić information content (AvgIpc) is 3.10. The Hall–Kier alpha value is -4.01. The van der Waals surface area contributed by atoms with Crippen LogP contribution in [0.3, 0.4) is 0 Å². The maximum atomic E-state index is 12.7. The molecule has 3 rings (SSSR count). The minimum atomic E-state index is -1.12. The zero-order chi connectivity index (χ0) is 24.1. The molecule has 2 N–H and O–H groups in total. The van der Waals surface area contributed by atoms with Gasteiger partial charge >= 0.3 is 5.97 Å². The van der Waals surface area contributed by atoms with E-state index in [-0.39, 0.29) is 24.1 Å². The van der Waals surface area contributed by atoms with Gasteiger partial charge < -0.3 is 29.4 Å². The molecule has 33 heavy (non-hydrogen) atoms. The van der Waals surface area contributed by atoms with Crippen LogP contribution in [0, 0.1) is 5.92 Å². The number of carbonyl (C=O) groups excluding carboxylic acids is 2. The first-order valence-corrected chi connectivity index (χ1v) is 10.2. The van der Waals surface area contributed by atoms with E-state index in [1.165, 1.54) is 13.2 Å². The molecule has 1 aliphatic rings. The molecule has 0 radical (unpaired) electrons. The summed E-state index contributed by atoms with van der Waals surface area (Å²) in [6.07, 6.45) is 1.58. The van der Waals surface area contributed by atoms with Gasteiger partial charge in [0.05, 0.1) is 19.8 Å². The van der Waals surface area contributed by atoms with Gasteiger partial charge in [0, 0.05) is 17.7 Å². The SMILES string of the molecule is COc1ccc(C=C2Oc3cc(OCC(=O)N[C@@H](C(=O)O)C(C)C)ccc3C2=O)c(OC)c1.